The second kappa shape index (κ2) is 8.08. The average molecular weight is 351 g/mol. The van der Waals surface area contributed by atoms with Gasteiger partial charge in [0.2, 0.25) is 5.91 Å². The van der Waals surface area contributed by atoms with Crippen LogP contribution in [0.4, 0.5) is 0 Å². The summed E-state index contributed by atoms with van der Waals surface area (Å²) in [4.78, 5) is 14.4. The number of hydrogen-bond donors (Lipinski definition) is 0. The molecule has 0 heterocycles. The van der Waals surface area contributed by atoms with E-state index in [1.54, 1.807) is 23.7 Å². The predicted molar refractivity (Wildman–Crippen MR) is 96.4 cm³/mol. The number of nitrogens with zero attached hydrogens (tertiary/aromatic N) is 2. The average Bonchev–Trinajstić information content (AvgIpc) is 2.60. The van der Waals surface area contributed by atoms with Crippen LogP contribution in [0, 0.1) is 11.3 Å². The Labute approximate surface area is 148 Å². The Morgan fingerprint density at radius 1 is 1.35 bits per heavy atom. The van der Waals surface area contributed by atoms with Gasteiger partial charge < -0.3 is 4.90 Å². The van der Waals surface area contributed by atoms with Crippen LogP contribution in [0.5, 0.6) is 0 Å². The molecule has 0 spiro atoms. The molecule has 1 saturated carbocycles. The zero-order valence-corrected chi connectivity index (χ0v) is 15.3. The zero-order chi connectivity index (χ0) is 16.9. The summed E-state index contributed by atoms with van der Waals surface area (Å²) in [6, 6.07) is 10.1. The van der Waals surface area contributed by atoms with Gasteiger partial charge in [0.25, 0.3) is 0 Å². The molecule has 1 aliphatic carbocycles. The Balaban J connectivity index is 1.95. The van der Waals surface area contributed by atoms with Gasteiger partial charge in [-0.05, 0) is 37.5 Å². The van der Waals surface area contributed by atoms with Crippen molar-refractivity contribution in [2.75, 3.05) is 7.05 Å². The normalized spacial score (nSPS) is 18.0. The smallest absolute Gasteiger partial charge is 0.236 e. The Bertz CT molecular complexity index is 576. The summed E-state index contributed by atoms with van der Waals surface area (Å²) < 4.78 is 0. The van der Waals surface area contributed by atoms with Crippen molar-refractivity contribution in [2.24, 2.45) is 0 Å². The number of thioether (sulfide) groups is 1. The molecule has 1 aliphatic rings. The second-order valence-electron chi connectivity index (χ2n) is 6.18. The van der Waals surface area contributed by atoms with Crippen LogP contribution < -0.4 is 0 Å². The third-order valence-electron chi connectivity index (χ3n) is 4.62. The lowest BCUT2D eigenvalue weighted by atomic mass is 9.81. The highest BCUT2D eigenvalue weighted by Crippen LogP contribution is 2.34. The summed E-state index contributed by atoms with van der Waals surface area (Å²) in [6.45, 7) is 1.92. The Morgan fingerprint density at radius 2 is 1.96 bits per heavy atom. The number of nitriles is 1. The molecular formula is C18H23ClN2OS. The van der Waals surface area contributed by atoms with Crippen LogP contribution >= 0.6 is 23.4 Å². The van der Waals surface area contributed by atoms with Gasteiger partial charge in [0, 0.05) is 17.8 Å². The van der Waals surface area contributed by atoms with Gasteiger partial charge in [-0.25, -0.2) is 0 Å². The van der Waals surface area contributed by atoms with E-state index in [2.05, 4.69) is 6.07 Å². The highest BCUT2D eigenvalue weighted by molar-refractivity contribution is 7.99. The summed E-state index contributed by atoms with van der Waals surface area (Å²) in [5.41, 5.74) is 0.541. The minimum absolute atomic E-state index is 0.0485. The third kappa shape index (κ3) is 4.43. The highest BCUT2D eigenvalue weighted by Gasteiger charge is 2.39. The molecule has 124 valence electrons. The fraction of sp³-hybridized carbons (Fsp3) is 0.556. The molecule has 0 unspecified atom stereocenters. The number of rotatable bonds is 5. The van der Waals surface area contributed by atoms with E-state index in [1.165, 1.54) is 0 Å². The lowest BCUT2D eigenvalue weighted by Gasteiger charge is -2.40. The molecule has 1 amide bonds. The van der Waals surface area contributed by atoms with Gasteiger partial charge in [0.05, 0.1) is 11.3 Å². The van der Waals surface area contributed by atoms with Crippen molar-refractivity contribution in [2.45, 2.75) is 55.6 Å². The Hall–Kier alpha value is -1.18. The van der Waals surface area contributed by atoms with Crippen molar-refractivity contribution >= 4 is 29.3 Å². The molecule has 2 rings (SSSR count). The van der Waals surface area contributed by atoms with Crippen LogP contribution in [0.2, 0.25) is 5.02 Å². The van der Waals surface area contributed by atoms with Crippen LogP contribution in [0.3, 0.4) is 0 Å². The van der Waals surface area contributed by atoms with E-state index in [4.69, 9.17) is 11.6 Å². The topological polar surface area (TPSA) is 44.1 Å². The molecule has 0 saturated heterocycles. The first-order chi connectivity index (χ1) is 11.0. The fourth-order valence-electron chi connectivity index (χ4n) is 3.02. The predicted octanol–water partition coefficient (Wildman–Crippen LogP) is 4.65. The molecule has 0 bridgehead atoms. The highest BCUT2D eigenvalue weighted by atomic mass is 35.5. The maximum atomic E-state index is 12.7. The van der Waals surface area contributed by atoms with Gasteiger partial charge in [0.15, 0.2) is 0 Å². The van der Waals surface area contributed by atoms with Crippen LogP contribution in [-0.2, 0) is 10.5 Å². The first-order valence-electron chi connectivity index (χ1n) is 8.03. The molecule has 0 aliphatic heterocycles. The number of carbonyl (C=O) groups is 1. The molecule has 1 fully saturated rings. The Morgan fingerprint density at radius 3 is 2.52 bits per heavy atom. The van der Waals surface area contributed by atoms with E-state index in [9.17, 15) is 10.1 Å². The lowest BCUT2D eigenvalue weighted by Crippen LogP contribution is -2.52. The van der Waals surface area contributed by atoms with Crippen molar-refractivity contribution in [1.82, 2.24) is 4.90 Å². The maximum absolute atomic E-state index is 12.7. The van der Waals surface area contributed by atoms with Crippen LogP contribution in [0.15, 0.2) is 24.3 Å². The van der Waals surface area contributed by atoms with E-state index in [-0.39, 0.29) is 11.2 Å². The monoisotopic (exact) mass is 350 g/mol. The summed E-state index contributed by atoms with van der Waals surface area (Å²) in [7, 11) is 1.79. The minimum atomic E-state index is -0.607. The lowest BCUT2D eigenvalue weighted by molar-refractivity contribution is -0.133. The minimum Gasteiger partial charge on any atom is -0.326 e. The first-order valence-corrected chi connectivity index (χ1v) is 9.46. The fourth-order valence-corrected chi connectivity index (χ4v) is 4.08. The van der Waals surface area contributed by atoms with Crippen molar-refractivity contribution in [3.8, 4) is 6.07 Å². The van der Waals surface area contributed by atoms with Gasteiger partial charge in [-0.2, -0.15) is 5.26 Å². The quantitative estimate of drug-likeness (QED) is 0.776. The number of hydrogen-bond acceptors (Lipinski definition) is 3. The summed E-state index contributed by atoms with van der Waals surface area (Å²) >= 11 is 7.49. The zero-order valence-electron chi connectivity index (χ0n) is 13.7. The molecule has 1 aromatic carbocycles. The molecule has 3 nitrogen and oxygen atoms in total. The van der Waals surface area contributed by atoms with Crippen LogP contribution in [0.25, 0.3) is 0 Å². The molecule has 5 heteroatoms. The molecule has 23 heavy (non-hydrogen) atoms. The van der Waals surface area contributed by atoms with Crippen molar-refractivity contribution in [3.63, 3.8) is 0 Å². The van der Waals surface area contributed by atoms with Crippen LogP contribution in [-0.4, -0.2) is 28.6 Å². The third-order valence-corrected chi connectivity index (χ3v) is 6.08. The van der Waals surface area contributed by atoms with Gasteiger partial charge in [-0.1, -0.05) is 43.0 Å². The Kier molecular flexibility index (Phi) is 6.38. The number of amides is 1. The second-order valence-corrected chi connectivity index (χ2v) is 7.95. The van der Waals surface area contributed by atoms with Crippen molar-refractivity contribution in [3.05, 3.63) is 34.9 Å². The molecule has 1 aromatic rings. The number of halogens is 1. The van der Waals surface area contributed by atoms with E-state index in [1.807, 2.05) is 31.2 Å². The van der Waals surface area contributed by atoms with Gasteiger partial charge in [-0.3, -0.25) is 4.79 Å². The number of benzene rings is 1. The molecule has 1 atom stereocenters. The summed E-state index contributed by atoms with van der Waals surface area (Å²) in [5, 5.41) is 10.2. The SMILES string of the molecule is C[C@H](SCc1ccc(Cl)cc1)C(=O)N(C)C1(C#N)CCCCC1. The van der Waals surface area contributed by atoms with Gasteiger partial charge in [-0.15, -0.1) is 11.8 Å². The summed E-state index contributed by atoms with van der Waals surface area (Å²) in [5.74, 6) is 0.810. The van der Waals surface area contributed by atoms with E-state index in [0.717, 1.165) is 48.4 Å². The van der Waals surface area contributed by atoms with Gasteiger partial charge >= 0.3 is 0 Å². The molecule has 0 aromatic heterocycles. The van der Waals surface area contributed by atoms with Gasteiger partial charge in [0.1, 0.15) is 5.54 Å². The molecule has 0 N–H and O–H groups in total. The van der Waals surface area contributed by atoms with Crippen LogP contribution in [0.1, 0.15) is 44.6 Å². The largest absolute Gasteiger partial charge is 0.326 e. The molecule has 0 radical (unpaired) electrons. The van der Waals surface area contributed by atoms with E-state index >= 15 is 0 Å². The molecular weight excluding hydrogens is 328 g/mol. The van der Waals surface area contributed by atoms with E-state index < -0.39 is 5.54 Å². The number of carbonyl (C=O) groups excluding carboxylic acids is 1. The first kappa shape index (κ1) is 18.2. The van der Waals surface area contributed by atoms with Crippen molar-refractivity contribution < 1.29 is 4.79 Å². The maximum Gasteiger partial charge on any atom is 0.236 e. The summed E-state index contributed by atoms with van der Waals surface area (Å²) in [6.07, 6.45) is 4.79. The van der Waals surface area contributed by atoms with Crippen molar-refractivity contribution in [1.29, 1.82) is 5.26 Å². The van der Waals surface area contributed by atoms with E-state index in [0.29, 0.717) is 0 Å². The standard InChI is InChI=1S/C18H23ClN2OS/c1-14(23-12-15-6-8-16(19)9-7-15)17(22)21(2)18(13-20)10-4-3-5-11-18/h6-9,14H,3-5,10-12H2,1-2H3/t14-/m0/s1.